The number of amides is 1. The number of fused-ring (bicyclic) bond motifs is 1. The zero-order valence-corrected chi connectivity index (χ0v) is 23.8. The van der Waals surface area contributed by atoms with Crippen LogP contribution in [0.25, 0.3) is 16.6 Å². The lowest BCUT2D eigenvalue weighted by atomic mass is 10.0. The maximum Gasteiger partial charge on any atom is 0.266 e. The van der Waals surface area contributed by atoms with Crippen LogP contribution in [-0.2, 0) is 12.8 Å². The molecule has 1 amide bonds. The van der Waals surface area contributed by atoms with Crippen LogP contribution < -0.4 is 10.3 Å². The quantitative estimate of drug-likeness (QED) is 0.194. The number of benzene rings is 4. The second kappa shape index (κ2) is 12.6. The normalized spacial score (nSPS) is 11.8. The molecule has 208 valence electrons. The molecule has 0 spiro atoms. The van der Waals surface area contributed by atoms with Gasteiger partial charge in [0.15, 0.2) is 0 Å². The fraction of sp³-hybridized carbons (Fsp3) is 0.229. The van der Waals surface area contributed by atoms with Crippen LogP contribution in [0.3, 0.4) is 0 Å². The maximum atomic E-state index is 14.2. The second-order valence-corrected chi connectivity index (χ2v) is 10.0. The minimum atomic E-state index is -0.473. The summed E-state index contributed by atoms with van der Waals surface area (Å²) in [5.74, 6) is 0.969. The van der Waals surface area contributed by atoms with Gasteiger partial charge in [0.2, 0.25) is 0 Å². The van der Waals surface area contributed by atoms with E-state index in [0.717, 1.165) is 12.0 Å². The Morgan fingerprint density at radius 2 is 1.54 bits per heavy atom. The summed E-state index contributed by atoms with van der Waals surface area (Å²) in [6, 6.07) is 32.2. The Hall–Kier alpha value is -4.71. The highest BCUT2D eigenvalue weighted by molar-refractivity contribution is 5.94. The van der Waals surface area contributed by atoms with Gasteiger partial charge < -0.3 is 9.64 Å². The number of para-hydroxylation sites is 3. The molecule has 0 aliphatic rings. The minimum absolute atomic E-state index is 0.0931. The van der Waals surface area contributed by atoms with E-state index in [1.807, 2.05) is 96.8 Å². The molecule has 0 radical (unpaired) electrons. The Kier molecular flexibility index (Phi) is 8.59. The first-order valence-electron chi connectivity index (χ1n) is 14.1. The standard InChI is InChI=1S/C35H35N3O3/c1-4-25-19-21-27(22-20-25)34(39)37(24-23-26-13-7-6-8-14-26)30(5-2)33-36-29-16-10-9-15-28(29)35(40)38(33)31-17-11-12-18-32(31)41-3/h6-22,30H,4-5,23-24H2,1-3H3. The molecule has 5 rings (SSSR count). The highest BCUT2D eigenvalue weighted by Crippen LogP contribution is 2.30. The van der Waals surface area contributed by atoms with Crippen LogP contribution in [0.15, 0.2) is 108 Å². The van der Waals surface area contributed by atoms with Crippen molar-refractivity contribution < 1.29 is 9.53 Å². The van der Waals surface area contributed by atoms with Gasteiger partial charge in [0.05, 0.1) is 29.7 Å². The third-order valence-electron chi connectivity index (χ3n) is 7.54. The van der Waals surface area contributed by atoms with E-state index >= 15 is 0 Å². The number of carbonyl (C=O) groups is 1. The first kappa shape index (κ1) is 27.8. The fourth-order valence-corrected chi connectivity index (χ4v) is 5.31. The lowest BCUT2D eigenvalue weighted by molar-refractivity contribution is 0.0661. The van der Waals surface area contributed by atoms with Crippen molar-refractivity contribution in [1.82, 2.24) is 14.5 Å². The number of aryl methyl sites for hydroxylation is 1. The Bertz CT molecular complexity index is 1690. The van der Waals surface area contributed by atoms with Crippen LogP contribution in [0.5, 0.6) is 5.75 Å². The van der Waals surface area contributed by atoms with E-state index in [2.05, 4.69) is 19.1 Å². The average Bonchev–Trinajstić information content (AvgIpc) is 3.03. The number of hydrogen-bond acceptors (Lipinski definition) is 4. The minimum Gasteiger partial charge on any atom is -0.495 e. The molecule has 0 fully saturated rings. The van der Waals surface area contributed by atoms with E-state index in [1.54, 1.807) is 17.7 Å². The number of methoxy groups -OCH3 is 1. The van der Waals surface area contributed by atoms with E-state index in [4.69, 9.17) is 9.72 Å². The number of rotatable bonds is 10. The molecular weight excluding hydrogens is 510 g/mol. The third kappa shape index (κ3) is 5.78. The third-order valence-corrected chi connectivity index (χ3v) is 7.54. The van der Waals surface area contributed by atoms with Crippen molar-refractivity contribution in [1.29, 1.82) is 0 Å². The highest BCUT2D eigenvalue weighted by atomic mass is 16.5. The second-order valence-electron chi connectivity index (χ2n) is 10.0. The summed E-state index contributed by atoms with van der Waals surface area (Å²) >= 11 is 0. The Morgan fingerprint density at radius 1 is 0.854 bits per heavy atom. The van der Waals surface area contributed by atoms with Crippen LogP contribution >= 0.6 is 0 Å². The van der Waals surface area contributed by atoms with Crippen LogP contribution in [0.4, 0.5) is 0 Å². The molecule has 0 aliphatic heterocycles. The zero-order valence-electron chi connectivity index (χ0n) is 23.8. The summed E-state index contributed by atoms with van der Waals surface area (Å²) < 4.78 is 7.29. The predicted octanol–water partition coefficient (Wildman–Crippen LogP) is 6.79. The fourth-order valence-electron chi connectivity index (χ4n) is 5.31. The first-order valence-corrected chi connectivity index (χ1v) is 14.1. The molecule has 0 saturated carbocycles. The average molecular weight is 546 g/mol. The Labute approximate surface area is 240 Å². The summed E-state index contributed by atoms with van der Waals surface area (Å²) in [5.41, 5.74) is 3.91. The lowest BCUT2D eigenvalue weighted by Crippen LogP contribution is -2.39. The smallest absolute Gasteiger partial charge is 0.266 e. The largest absolute Gasteiger partial charge is 0.495 e. The highest BCUT2D eigenvalue weighted by Gasteiger charge is 2.30. The van der Waals surface area contributed by atoms with Gasteiger partial charge in [0, 0.05) is 12.1 Å². The van der Waals surface area contributed by atoms with Gasteiger partial charge in [0.1, 0.15) is 11.6 Å². The predicted molar refractivity (Wildman–Crippen MR) is 164 cm³/mol. The van der Waals surface area contributed by atoms with E-state index in [0.29, 0.717) is 53.1 Å². The van der Waals surface area contributed by atoms with Gasteiger partial charge >= 0.3 is 0 Å². The van der Waals surface area contributed by atoms with Gasteiger partial charge in [-0.3, -0.25) is 14.2 Å². The Morgan fingerprint density at radius 3 is 2.24 bits per heavy atom. The molecule has 0 aliphatic carbocycles. The molecule has 1 unspecified atom stereocenters. The molecule has 1 atom stereocenters. The molecule has 5 aromatic rings. The zero-order chi connectivity index (χ0) is 28.8. The summed E-state index contributed by atoms with van der Waals surface area (Å²) in [5, 5.41) is 0.509. The van der Waals surface area contributed by atoms with E-state index < -0.39 is 6.04 Å². The van der Waals surface area contributed by atoms with Crippen molar-refractivity contribution in [3.8, 4) is 11.4 Å². The van der Waals surface area contributed by atoms with Gasteiger partial charge in [-0.25, -0.2) is 4.98 Å². The van der Waals surface area contributed by atoms with Crippen LogP contribution in [-0.4, -0.2) is 34.0 Å². The molecule has 0 bridgehead atoms. The molecule has 0 N–H and O–H groups in total. The molecule has 6 nitrogen and oxygen atoms in total. The van der Waals surface area contributed by atoms with Gasteiger partial charge in [-0.05, 0) is 66.8 Å². The molecule has 1 heterocycles. The maximum absolute atomic E-state index is 14.2. The first-order chi connectivity index (χ1) is 20.0. The molecule has 0 saturated heterocycles. The number of hydrogen-bond donors (Lipinski definition) is 0. The summed E-state index contributed by atoms with van der Waals surface area (Å²) in [6.45, 7) is 4.59. The van der Waals surface area contributed by atoms with E-state index in [-0.39, 0.29) is 11.5 Å². The molecule has 41 heavy (non-hydrogen) atoms. The number of nitrogens with zero attached hydrogens (tertiary/aromatic N) is 3. The van der Waals surface area contributed by atoms with E-state index in [1.165, 1.54) is 5.56 Å². The number of ether oxygens (including phenoxy) is 1. The summed E-state index contributed by atoms with van der Waals surface area (Å²) in [4.78, 5) is 35.3. The SMILES string of the molecule is CCc1ccc(C(=O)N(CCc2ccccc2)C(CC)c2nc3ccccc3c(=O)n2-c2ccccc2OC)cc1. The molecule has 6 heteroatoms. The van der Waals surface area contributed by atoms with Crippen molar-refractivity contribution in [3.63, 3.8) is 0 Å². The molecule has 4 aromatic carbocycles. The van der Waals surface area contributed by atoms with Gasteiger partial charge in [-0.15, -0.1) is 0 Å². The monoisotopic (exact) mass is 545 g/mol. The van der Waals surface area contributed by atoms with Crippen LogP contribution in [0.2, 0.25) is 0 Å². The number of carbonyl (C=O) groups excluding carboxylic acids is 1. The lowest BCUT2D eigenvalue weighted by Gasteiger charge is -2.33. The summed E-state index contributed by atoms with van der Waals surface area (Å²) in [7, 11) is 1.59. The Balaban J connectivity index is 1.69. The van der Waals surface area contributed by atoms with Gasteiger partial charge in [0.25, 0.3) is 11.5 Å². The number of aromatic nitrogens is 2. The van der Waals surface area contributed by atoms with Crippen molar-refractivity contribution in [2.45, 2.75) is 39.2 Å². The van der Waals surface area contributed by atoms with Crippen molar-refractivity contribution in [2.24, 2.45) is 0 Å². The molecular formula is C35H35N3O3. The van der Waals surface area contributed by atoms with Crippen LogP contribution in [0.1, 0.15) is 53.6 Å². The van der Waals surface area contributed by atoms with E-state index in [9.17, 15) is 9.59 Å². The van der Waals surface area contributed by atoms with Crippen molar-refractivity contribution >= 4 is 16.8 Å². The van der Waals surface area contributed by atoms with Crippen molar-refractivity contribution in [3.05, 3.63) is 136 Å². The van der Waals surface area contributed by atoms with Gasteiger partial charge in [-0.2, -0.15) is 0 Å². The van der Waals surface area contributed by atoms with Crippen LogP contribution in [0, 0.1) is 0 Å². The van der Waals surface area contributed by atoms with Gasteiger partial charge in [-0.1, -0.05) is 80.6 Å². The van der Waals surface area contributed by atoms with Crippen molar-refractivity contribution in [2.75, 3.05) is 13.7 Å². The molecule has 1 aromatic heterocycles. The topological polar surface area (TPSA) is 64.4 Å². The summed E-state index contributed by atoms with van der Waals surface area (Å²) in [6.07, 6.45) is 2.13.